The Morgan fingerprint density at radius 1 is 0.963 bits per heavy atom. The molecule has 0 bridgehead atoms. The van der Waals surface area contributed by atoms with Crippen LogP contribution in [0.3, 0.4) is 0 Å². The minimum absolute atomic E-state index is 0.0441. The lowest BCUT2D eigenvalue weighted by Crippen LogP contribution is -2.48. The van der Waals surface area contributed by atoms with E-state index in [0.29, 0.717) is 5.56 Å². The lowest BCUT2D eigenvalue weighted by molar-refractivity contribution is 0.229. The first-order valence-corrected chi connectivity index (χ1v) is 9.54. The van der Waals surface area contributed by atoms with Gasteiger partial charge in [0.15, 0.2) is 5.82 Å². The Labute approximate surface area is 155 Å². The Bertz CT molecular complexity index is 1120. The first kappa shape index (κ1) is 17.2. The zero-order valence-corrected chi connectivity index (χ0v) is 14.8. The third-order valence-corrected chi connectivity index (χ3v) is 5.91. The lowest BCUT2D eigenvalue weighted by atomic mass is 10.2. The summed E-state index contributed by atoms with van der Waals surface area (Å²) in [5.74, 6) is -0.585. The molecule has 2 amide bonds. The van der Waals surface area contributed by atoms with Crippen molar-refractivity contribution >= 4 is 27.6 Å². The number of sulfonamides is 1. The van der Waals surface area contributed by atoms with Crippen molar-refractivity contribution < 1.29 is 17.6 Å². The Hall–Kier alpha value is -3.26. The molecule has 8 heteroatoms. The lowest BCUT2D eigenvalue weighted by Gasteiger charge is -2.35. The number of urea groups is 1. The van der Waals surface area contributed by atoms with Gasteiger partial charge in [0.25, 0.3) is 10.0 Å². The maximum atomic E-state index is 13.7. The number of anilines is 2. The molecule has 1 aliphatic heterocycles. The monoisotopic (exact) mass is 383 g/mol. The van der Waals surface area contributed by atoms with Gasteiger partial charge in [0.2, 0.25) is 0 Å². The maximum absolute atomic E-state index is 13.7. The number of benzene rings is 2. The molecule has 0 aliphatic carbocycles. The van der Waals surface area contributed by atoms with Gasteiger partial charge in [-0.2, -0.15) is 0 Å². The van der Waals surface area contributed by atoms with Gasteiger partial charge in [0.1, 0.15) is 10.7 Å². The van der Waals surface area contributed by atoms with E-state index in [2.05, 4.69) is 4.98 Å². The molecule has 0 saturated heterocycles. The molecule has 0 fully saturated rings. The predicted molar refractivity (Wildman–Crippen MR) is 97.3 cm³/mol. The number of fused-ring (bicyclic) bond motifs is 1. The van der Waals surface area contributed by atoms with E-state index >= 15 is 0 Å². The van der Waals surface area contributed by atoms with Gasteiger partial charge >= 0.3 is 6.03 Å². The number of hydrogen-bond acceptors (Lipinski definition) is 4. The standard InChI is InChI=1S/C19H14FN3O3S/c20-15-8-4-9-16(12-15)23-18-17(10-5-11-21-18)27(25,26)22(19(23)24)13-14-6-2-1-3-7-14/h1-12H,13H2. The molecule has 1 aromatic heterocycles. The van der Waals surface area contributed by atoms with E-state index in [4.69, 9.17) is 0 Å². The number of carbonyl (C=O) groups excluding carboxylic acids is 1. The predicted octanol–water partition coefficient (Wildman–Crippen LogP) is 3.68. The number of pyridine rings is 1. The van der Waals surface area contributed by atoms with Gasteiger partial charge in [0.05, 0.1) is 12.2 Å². The van der Waals surface area contributed by atoms with E-state index in [1.165, 1.54) is 36.5 Å². The van der Waals surface area contributed by atoms with Crippen LogP contribution in [0, 0.1) is 5.82 Å². The fraction of sp³-hybridized carbons (Fsp3) is 0.0526. The molecule has 2 heterocycles. The third-order valence-electron chi connectivity index (χ3n) is 4.17. The Kier molecular flexibility index (Phi) is 4.12. The fourth-order valence-corrected chi connectivity index (χ4v) is 4.39. The average Bonchev–Trinajstić information content (AvgIpc) is 2.66. The summed E-state index contributed by atoms with van der Waals surface area (Å²) in [4.78, 5) is 18.2. The average molecular weight is 383 g/mol. The van der Waals surface area contributed by atoms with Crippen LogP contribution in [0.5, 0.6) is 0 Å². The van der Waals surface area contributed by atoms with Crippen LogP contribution < -0.4 is 4.90 Å². The minimum Gasteiger partial charge on any atom is -0.246 e. The largest absolute Gasteiger partial charge is 0.344 e. The summed E-state index contributed by atoms with van der Waals surface area (Å²) in [5.41, 5.74) is 0.855. The molecular formula is C19H14FN3O3S. The SMILES string of the molecule is O=C1N(c2cccc(F)c2)c2ncccc2S(=O)(=O)N1Cc1ccccc1. The summed E-state index contributed by atoms with van der Waals surface area (Å²) < 4.78 is 40.6. The number of rotatable bonds is 3. The van der Waals surface area contributed by atoms with E-state index in [9.17, 15) is 17.6 Å². The molecule has 0 atom stereocenters. The van der Waals surface area contributed by atoms with E-state index < -0.39 is 21.9 Å². The molecule has 27 heavy (non-hydrogen) atoms. The van der Waals surface area contributed by atoms with Crippen molar-refractivity contribution in [3.05, 3.63) is 84.3 Å². The summed E-state index contributed by atoms with van der Waals surface area (Å²) in [6.45, 7) is -0.137. The Morgan fingerprint density at radius 2 is 1.74 bits per heavy atom. The van der Waals surface area contributed by atoms with E-state index in [-0.39, 0.29) is 22.9 Å². The van der Waals surface area contributed by atoms with E-state index in [0.717, 1.165) is 15.3 Å². The zero-order chi connectivity index (χ0) is 19.0. The quantitative estimate of drug-likeness (QED) is 0.692. The van der Waals surface area contributed by atoms with Crippen LogP contribution in [0.25, 0.3) is 0 Å². The van der Waals surface area contributed by atoms with E-state index in [1.807, 2.05) is 0 Å². The van der Waals surface area contributed by atoms with E-state index in [1.54, 1.807) is 30.3 Å². The highest BCUT2D eigenvalue weighted by Crippen LogP contribution is 2.38. The fourth-order valence-electron chi connectivity index (χ4n) is 2.92. The van der Waals surface area contributed by atoms with Crippen LogP contribution in [0.15, 0.2) is 77.8 Å². The minimum atomic E-state index is -4.10. The summed E-state index contributed by atoms with van der Waals surface area (Å²) in [6, 6.07) is 16.2. The van der Waals surface area contributed by atoms with Crippen LogP contribution in [-0.2, 0) is 16.6 Å². The molecule has 2 aromatic carbocycles. The smallest absolute Gasteiger partial charge is 0.246 e. The van der Waals surface area contributed by atoms with Crippen LogP contribution >= 0.6 is 0 Å². The first-order chi connectivity index (χ1) is 13.0. The second-order valence-corrected chi connectivity index (χ2v) is 7.75. The molecule has 4 rings (SSSR count). The highest BCUT2D eigenvalue weighted by Gasteiger charge is 2.43. The van der Waals surface area contributed by atoms with Crippen LogP contribution in [-0.4, -0.2) is 23.7 Å². The number of carbonyl (C=O) groups is 1. The van der Waals surface area contributed by atoms with Crippen molar-refractivity contribution in [1.29, 1.82) is 0 Å². The van der Waals surface area contributed by atoms with Gasteiger partial charge in [-0.1, -0.05) is 36.4 Å². The topological polar surface area (TPSA) is 70.6 Å². The van der Waals surface area contributed by atoms with Gasteiger partial charge < -0.3 is 0 Å². The van der Waals surface area contributed by atoms with Gasteiger partial charge in [-0.25, -0.2) is 31.8 Å². The van der Waals surface area contributed by atoms with Crippen LogP contribution in [0.4, 0.5) is 20.7 Å². The molecular weight excluding hydrogens is 369 g/mol. The third kappa shape index (κ3) is 2.93. The second-order valence-electron chi connectivity index (χ2n) is 5.92. The van der Waals surface area contributed by atoms with Crippen molar-refractivity contribution in [3.63, 3.8) is 0 Å². The molecule has 6 nitrogen and oxygen atoms in total. The second kappa shape index (κ2) is 6.48. The van der Waals surface area contributed by atoms with Crippen LogP contribution in [0.2, 0.25) is 0 Å². The number of aromatic nitrogens is 1. The molecule has 0 N–H and O–H groups in total. The van der Waals surface area contributed by atoms with Gasteiger partial charge in [0, 0.05) is 6.20 Å². The molecule has 1 aliphatic rings. The number of halogens is 1. The molecule has 0 saturated carbocycles. The number of amides is 2. The Balaban J connectivity index is 1.89. The Morgan fingerprint density at radius 3 is 2.48 bits per heavy atom. The van der Waals surface area contributed by atoms with Crippen molar-refractivity contribution in [3.8, 4) is 0 Å². The van der Waals surface area contributed by atoms with Gasteiger partial charge in [-0.3, -0.25) is 0 Å². The summed E-state index contributed by atoms with van der Waals surface area (Å²) in [5, 5.41) is 0. The van der Waals surface area contributed by atoms with Crippen molar-refractivity contribution in [2.24, 2.45) is 0 Å². The summed E-state index contributed by atoms with van der Waals surface area (Å²) >= 11 is 0. The summed E-state index contributed by atoms with van der Waals surface area (Å²) in [7, 11) is -4.10. The van der Waals surface area contributed by atoms with Crippen molar-refractivity contribution in [2.75, 3.05) is 4.90 Å². The van der Waals surface area contributed by atoms with Gasteiger partial charge in [-0.05, 0) is 35.9 Å². The molecule has 0 unspecified atom stereocenters. The molecule has 3 aromatic rings. The zero-order valence-electron chi connectivity index (χ0n) is 14.0. The highest BCUT2D eigenvalue weighted by atomic mass is 32.2. The maximum Gasteiger partial charge on any atom is 0.344 e. The van der Waals surface area contributed by atoms with Crippen LogP contribution in [0.1, 0.15) is 5.56 Å². The normalized spacial score (nSPS) is 15.5. The number of hydrogen-bond donors (Lipinski definition) is 0. The summed E-state index contributed by atoms with van der Waals surface area (Å²) in [6.07, 6.45) is 1.39. The highest BCUT2D eigenvalue weighted by molar-refractivity contribution is 7.90. The molecule has 0 radical (unpaired) electrons. The number of nitrogens with zero attached hydrogens (tertiary/aromatic N) is 3. The van der Waals surface area contributed by atoms with Crippen molar-refractivity contribution in [1.82, 2.24) is 9.29 Å². The molecule has 136 valence electrons. The first-order valence-electron chi connectivity index (χ1n) is 8.10. The molecule has 0 spiro atoms. The van der Waals surface area contributed by atoms with Gasteiger partial charge in [-0.15, -0.1) is 0 Å². The van der Waals surface area contributed by atoms with Crippen molar-refractivity contribution in [2.45, 2.75) is 11.4 Å².